The molecule has 4 atom stereocenters. The second-order valence-corrected chi connectivity index (χ2v) is 6.48. The molecular weight excluding hydrogens is 294 g/mol. The lowest BCUT2D eigenvalue weighted by Gasteiger charge is -2.35. The summed E-state index contributed by atoms with van der Waals surface area (Å²) in [5.74, 6) is 0.0977. The Labute approximate surface area is 137 Å². The van der Waals surface area contributed by atoms with E-state index in [-0.39, 0.29) is 23.3 Å². The van der Waals surface area contributed by atoms with Crippen molar-refractivity contribution < 1.29 is 19.4 Å². The average molecular weight is 319 g/mol. The molecule has 1 saturated carbocycles. The van der Waals surface area contributed by atoms with Gasteiger partial charge in [-0.2, -0.15) is 0 Å². The molecule has 0 radical (unpaired) electrons. The maximum Gasteiger partial charge on any atom is 0.339 e. The van der Waals surface area contributed by atoms with Crippen LogP contribution in [-0.2, 0) is 9.53 Å². The van der Waals surface area contributed by atoms with E-state index in [1.807, 2.05) is 0 Å². The second kappa shape index (κ2) is 7.49. The molecule has 0 saturated heterocycles. The molecule has 2 N–H and O–H groups in total. The maximum atomic E-state index is 12.3. The zero-order valence-corrected chi connectivity index (χ0v) is 13.9. The molecule has 0 aromatic heterocycles. The van der Waals surface area contributed by atoms with Crippen LogP contribution >= 0.6 is 0 Å². The third kappa shape index (κ3) is 4.47. The Morgan fingerprint density at radius 2 is 2.04 bits per heavy atom. The Kier molecular flexibility index (Phi) is 5.64. The number of rotatable bonds is 4. The normalized spacial score (nSPS) is 25.4. The molecule has 5 nitrogen and oxygen atoms in total. The molecular formula is C18H25NO4. The minimum absolute atomic E-state index is 0.0124. The van der Waals surface area contributed by atoms with E-state index in [1.165, 1.54) is 24.6 Å². The van der Waals surface area contributed by atoms with Gasteiger partial charge in [0.05, 0.1) is 5.56 Å². The van der Waals surface area contributed by atoms with Crippen LogP contribution < -0.4 is 5.32 Å². The highest BCUT2D eigenvalue weighted by molar-refractivity contribution is 5.92. The molecule has 0 aliphatic heterocycles. The van der Waals surface area contributed by atoms with Gasteiger partial charge in [-0.05, 0) is 43.4 Å². The van der Waals surface area contributed by atoms with E-state index in [2.05, 4.69) is 19.2 Å². The van der Waals surface area contributed by atoms with Crippen molar-refractivity contribution in [2.24, 2.45) is 11.8 Å². The minimum atomic E-state index is -0.866. The SMILES string of the molecule is C[C@@H]1[C@@H](C)CCC[C@H]1NC(=O)[C@@H](C)OC(=O)c1cccc(O)c1. The van der Waals surface area contributed by atoms with Gasteiger partial charge < -0.3 is 15.2 Å². The smallest absolute Gasteiger partial charge is 0.339 e. The van der Waals surface area contributed by atoms with Gasteiger partial charge in [-0.25, -0.2) is 4.79 Å². The predicted molar refractivity (Wildman–Crippen MR) is 87.1 cm³/mol. The maximum absolute atomic E-state index is 12.3. The molecule has 1 aromatic rings. The van der Waals surface area contributed by atoms with Crippen molar-refractivity contribution >= 4 is 11.9 Å². The summed E-state index contributed by atoms with van der Waals surface area (Å²) in [6.07, 6.45) is 2.39. The summed E-state index contributed by atoms with van der Waals surface area (Å²) in [4.78, 5) is 24.3. The Bertz CT molecular complexity index is 572. The van der Waals surface area contributed by atoms with E-state index in [0.717, 1.165) is 12.8 Å². The molecule has 126 valence electrons. The van der Waals surface area contributed by atoms with Crippen LogP contribution in [-0.4, -0.2) is 29.1 Å². The molecule has 0 unspecified atom stereocenters. The summed E-state index contributed by atoms with van der Waals surface area (Å²) in [6, 6.07) is 6.02. The summed E-state index contributed by atoms with van der Waals surface area (Å²) >= 11 is 0. The van der Waals surface area contributed by atoms with Crippen molar-refractivity contribution in [1.82, 2.24) is 5.32 Å². The molecule has 1 aliphatic carbocycles. The highest BCUT2D eigenvalue weighted by Crippen LogP contribution is 2.29. The number of benzene rings is 1. The van der Waals surface area contributed by atoms with Crippen molar-refractivity contribution in [1.29, 1.82) is 0 Å². The minimum Gasteiger partial charge on any atom is -0.508 e. The van der Waals surface area contributed by atoms with Gasteiger partial charge in [-0.3, -0.25) is 4.79 Å². The highest BCUT2D eigenvalue weighted by atomic mass is 16.5. The number of nitrogens with one attached hydrogen (secondary N) is 1. The number of phenolic OH excluding ortho intramolecular Hbond substituents is 1. The number of carbonyl (C=O) groups is 2. The fourth-order valence-corrected chi connectivity index (χ4v) is 3.00. The molecule has 5 heteroatoms. The second-order valence-electron chi connectivity index (χ2n) is 6.48. The van der Waals surface area contributed by atoms with Crippen molar-refractivity contribution in [3.8, 4) is 5.75 Å². The Morgan fingerprint density at radius 1 is 1.30 bits per heavy atom. The molecule has 23 heavy (non-hydrogen) atoms. The van der Waals surface area contributed by atoms with Gasteiger partial charge in [0.15, 0.2) is 6.10 Å². The number of phenols is 1. The third-order valence-electron chi connectivity index (χ3n) is 4.77. The van der Waals surface area contributed by atoms with E-state index < -0.39 is 12.1 Å². The monoisotopic (exact) mass is 319 g/mol. The van der Waals surface area contributed by atoms with Crippen LogP contribution in [0.25, 0.3) is 0 Å². The number of amides is 1. The molecule has 0 bridgehead atoms. The van der Waals surface area contributed by atoms with Crippen molar-refractivity contribution in [3.05, 3.63) is 29.8 Å². The third-order valence-corrected chi connectivity index (χ3v) is 4.77. The largest absolute Gasteiger partial charge is 0.508 e. The van der Waals surface area contributed by atoms with Crippen LogP contribution in [0.15, 0.2) is 24.3 Å². The number of esters is 1. The molecule has 1 aromatic carbocycles. The van der Waals surface area contributed by atoms with Crippen LogP contribution in [0.1, 0.15) is 50.4 Å². The van der Waals surface area contributed by atoms with Crippen molar-refractivity contribution in [2.45, 2.75) is 52.2 Å². The number of hydrogen-bond acceptors (Lipinski definition) is 4. The first-order valence-electron chi connectivity index (χ1n) is 8.19. The number of ether oxygens (including phenoxy) is 1. The number of hydrogen-bond donors (Lipinski definition) is 2. The zero-order chi connectivity index (χ0) is 17.0. The lowest BCUT2D eigenvalue weighted by Crippen LogP contribution is -2.47. The first-order valence-corrected chi connectivity index (χ1v) is 8.19. The topological polar surface area (TPSA) is 75.6 Å². The van der Waals surface area contributed by atoms with Gasteiger partial charge in [0, 0.05) is 6.04 Å². The number of carbonyl (C=O) groups excluding carboxylic acids is 2. The van der Waals surface area contributed by atoms with E-state index in [4.69, 9.17) is 4.74 Å². The van der Waals surface area contributed by atoms with Crippen molar-refractivity contribution in [2.75, 3.05) is 0 Å². The lowest BCUT2D eigenvalue weighted by molar-refractivity contribution is -0.130. The lowest BCUT2D eigenvalue weighted by atomic mass is 9.78. The van der Waals surface area contributed by atoms with E-state index in [9.17, 15) is 14.7 Å². The molecule has 2 rings (SSSR count). The molecule has 0 spiro atoms. The van der Waals surface area contributed by atoms with E-state index >= 15 is 0 Å². The van der Waals surface area contributed by atoms with Crippen LogP contribution in [0.3, 0.4) is 0 Å². The molecule has 1 fully saturated rings. The Hall–Kier alpha value is -2.04. The van der Waals surface area contributed by atoms with Crippen LogP contribution in [0.4, 0.5) is 0 Å². The van der Waals surface area contributed by atoms with Gasteiger partial charge in [-0.15, -0.1) is 0 Å². The summed E-state index contributed by atoms with van der Waals surface area (Å²) < 4.78 is 5.19. The molecule has 0 heterocycles. The van der Waals surface area contributed by atoms with Gasteiger partial charge in [-0.1, -0.05) is 32.8 Å². The average Bonchev–Trinajstić information content (AvgIpc) is 2.51. The summed E-state index contributed by atoms with van der Waals surface area (Å²) in [5, 5.41) is 12.4. The highest BCUT2D eigenvalue weighted by Gasteiger charge is 2.30. The van der Waals surface area contributed by atoms with Crippen LogP contribution in [0.2, 0.25) is 0 Å². The zero-order valence-electron chi connectivity index (χ0n) is 13.9. The van der Waals surface area contributed by atoms with Gasteiger partial charge in [0.25, 0.3) is 5.91 Å². The predicted octanol–water partition coefficient (Wildman–Crippen LogP) is 2.88. The van der Waals surface area contributed by atoms with Crippen LogP contribution in [0, 0.1) is 11.8 Å². The van der Waals surface area contributed by atoms with Gasteiger partial charge in [0.2, 0.25) is 0 Å². The fourth-order valence-electron chi connectivity index (χ4n) is 3.00. The fraction of sp³-hybridized carbons (Fsp3) is 0.556. The summed E-state index contributed by atoms with van der Waals surface area (Å²) in [5.41, 5.74) is 0.226. The van der Waals surface area contributed by atoms with E-state index in [0.29, 0.717) is 11.8 Å². The first-order chi connectivity index (χ1) is 10.9. The Morgan fingerprint density at radius 3 is 2.74 bits per heavy atom. The van der Waals surface area contributed by atoms with Crippen LogP contribution in [0.5, 0.6) is 5.75 Å². The quantitative estimate of drug-likeness (QED) is 0.837. The summed E-state index contributed by atoms with van der Waals surface area (Å²) in [7, 11) is 0. The first kappa shape index (κ1) is 17.3. The standard InChI is InChI=1S/C18H25NO4/c1-11-6-4-9-16(12(11)2)19-17(21)13(3)23-18(22)14-7-5-8-15(20)10-14/h5,7-8,10-13,16,20H,4,6,9H2,1-3H3,(H,19,21)/t11-,12+,13+,16+/m0/s1. The van der Waals surface area contributed by atoms with Crippen molar-refractivity contribution in [3.63, 3.8) is 0 Å². The van der Waals surface area contributed by atoms with Gasteiger partial charge in [0.1, 0.15) is 5.75 Å². The van der Waals surface area contributed by atoms with E-state index in [1.54, 1.807) is 13.0 Å². The Balaban J connectivity index is 1.91. The van der Waals surface area contributed by atoms with Gasteiger partial charge >= 0.3 is 5.97 Å². The molecule has 1 aliphatic rings. The molecule has 1 amide bonds. The number of aromatic hydroxyl groups is 1. The summed E-state index contributed by atoms with van der Waals surface area (Å²) in [6.45, 7) is 5.92.